The molecule has 2 aliphatic heterocycles. The van der Waals surface area contributed by atoms with E-state index >= 15 is 0 Å². The standard InChI is InChI=1S/C26H31N3O5S/c1-2-23-26(34)27(19(13-30)14-31)17-29(28(23)12-11-20(33)15-32)25-21-8-4-3-7-18(21)16-35-24-10-6-5-9-22(24)25/h3-12,19,23,25,30-32H,2,13-17H2,1H3/b12-11-. The SMILES string of the molecule is CCC1C(=O)N(C(CO)CO)CN(C2c3ccccc3CSc3ccccc32)N1/C=C\C(=O)CO. The minimum atomic E-state index is -0.741. The van der Waals surface area contributed by atoms with E-state index < -0.39 is 24.5 Å². The Balaban J connectivity index is 1.90. The minimum Gasteiger partial charge on any atom is -0.394 e. The third kappa shape index (κ3) is 5.00. The Morgan fingerprint density at radius 2 is 1.77 bits per heavy atom. The molecule has 2 atom stereocenters. The Morgan fingerprint density at radius 1 is 1.09 bits per heavy atom. The molecule has 0 radical (unpaired) electrons. The van der Waals surface area contributed by atoms with Gasteiger partial charge in [-0.3, -0.25) is 14.6 Å². The summed E-state index contributed by atoms with van der Waals surface area (Å²) in [6, 6.07) is 14.7. The summed E-state index contributed by atoms with van der Waals surface area (Å²) >= 11 is 1.76. The van der Waals surface area contributed by atoms with Gasteiger partial charge in [0.2, 0.25) is 5.91 Å². The van der Waals surface area contributed by atoms with Crippen molar-refractivity contribution < 1.29 is 24.9 Å². The summed E-state index contributed by atoms with van der Waals surface area (Å²) in [6.45, 7) is 0.648. The highest BCUT2D eigenvalue weighted by molar-refractivity contribution is 7.98. The molecule has 2 aromatic rings. The van der Waals surface area contributed by atoms with Crippen molar-refractivity contribution >= 4 is 23.5 Å². The fraction of sp³-hybridized carbons (Fsp3) is 0.385. The Morgan fingerprint density at radius 3 is 2.46 bits per heavy atom. The third-order valence-corrected chi connectivity index (χ3v) is 7.68. The average Bonchev–Trinajstić information content (AvgIpc) is 3.05. The molecule has 2 unspecified atom stereocenters. The van der Waals surface area contributed by atoms with Gasteiger partial charge < -0.3 is 20.2 Å². The second-order valence-electron chi connectivity index (χ2n) is 8.58. The van der Waals surface area contributed by atoms with E-state index in [4.69, 9.17) is 0 Å². The van der Waals surface area contributed by atoms with Crippen LogP contribution in [0.15, 0.2) is 65.7 Å². The molecule has 0 aromatic heterocycles. The van der Waals surface area contributed by atoms with Crippen LogP contribution < -0.4 is 0 Å². The highest BCUT2D eigenvalue weighted by Gasteiger charge is 2.44. The molecule has 0 saturated carbocycles. The van der Waals surface area contributed by atoms with Crippen LogP contribution in [0.4, 0.5) is 0 Å². The van der Waals surface area contributed by atoms with Gasteiger partial charge in [-0.15, -0.1) is 11.8 Å². The van der Waals surface area contributed by atoms with Crippen molar-refractivity contribution in [3.63, 3.8) is 0 Å². The Bertz CT molecular complexity index is 1040. The molecule has 1 amide bonds. The van der Waals surface area contributed by atoms with Gasteiger partial charge in [0.1, 0.15) is 12.6 Å². The van der Waals surface area contributed by atoms with Gasteiger partial charge in [0.05, 0.1) is 32.0 Å². The third-order valence-electron chi connectivity index (χ3n) is 6.54. The first-order valence-corrected chi connectivity index (χ1v) is 12.7. The van der Waals surface area contributed by atoms with E-state index in [0.717, 1.165) is 21.8 Å². The predicted molar refractivity (Wildman–Crippen MR) is 133 cm³/mol. The number of hydrazine groups is 1. The molecule has 1 saturated heterocycles. The van der Waals surface area contributed by atoms with Crippen LogP contribution in [0.5, 0.6) is 0 Å². The van der Waals surface area contributed by atoms with Crippen LogP contribution in [-0.2, 0) is 15.3 Å². The number of amides is 1. The van der Waals surface area contributed by atoms with E-state index in [1.165, 1.54) is 16.5 Å². The van der Waals surface area contributed by atoms with Gasteiger partial charge in [0, 0.05) is 22.9 Å². The number of aliphatic hydroxyl groups excluding tert-OH is 3. The van der Waals surface area contributed by atoms with Crippen molar-refractivity contribution in [2.75, 3.05) is 26.5 Å². The molecule has 0 spiro atoms. The van der Waals surface area contributed by atoms with Crippen molar-refractivity contribution in [2.24, 2.45) is 0 Å². The monoisotopic (exact) mass is 497 g/mol. The van der Waals surface area contributed by atoms with Crippen LogP contribution in [0.2, 0.25) is 0 Å². The highest BCUT2D eigenvalue weighted by atomic mass is 32.2. The van der Waals surface area contributed by atoms with E-state index in [9.17, 15) is 24.9 Å². The molecule has 3 N–H and O–H groups in total. The first kappa shape index (κ1) is 25.4. The van der Waals surface area contributed by atoms with Crippen LogP contribution in [0, 0.1) is 0 Å². The number of benzene rings is 2. The molecule has 186 valence electrons. The molecule has 35 heavy (non-hydrogen) atoms. The predicted octanol–water partition coefficient (Wildman–Crippen LogP) is 1.91. The molecule has 4 rings (SSSR count). The Hall–Kier alpha value is -2.69. The largest absolute Gasteiger partial charge is 0.394 e. The van der Waals surface area contributed by atoms with Crippen LogP contribution in [0.3, 0.4) is 0 Å². The van der Waals surface area contributed by atoms with Crippen molar-refractivity contribution in [2.45, 2.75) is 42.1 Å². The van der Waals surface area contributed by atoms with E-state index in [2.05, 4.69) is 24.3 Å². The molecule has 9 heteroatoms. The molecule has 2 aromatic carbocycles. The number of fused-ring (bicyclic) bond motifs is 2. The molecule has 2 heterocycles. The molecule has 0 bridgehead atoms. The van der Waals surface area contributed by atoms with Crippen LogP contribution in [-0.4, -0.2) is 80.5 Å². The van der Waals surface area contributed by atoms with Crippen molar-refractivity contribution in [3.05, 3.63) is 77.5 Å². The van der Waals surface area contributed by atoms with E-state index in [1.54, 1.807) is 23.0 Å². The van der Waals surface area contributed by atoms with E-state index in [-0.39, 0.29) is 31.8 Å². The number of hydrogen-bond acceptors (Lipinski definition) is 8. The zero-order chi connectivity index (χ0) is 24.9. The summed E-state index contributed by atoms with van der Waals surface area (Å²) in [5.41, 5.74) is 3.33. The Labute approximate surface area is 209 Å². The maximum Gasteiger partial charge on any atom is 0.248 e. The fourth-order valence-corrected chi connectivity index (χ4v) is 5.82. The average molecular weight is 498 g/mol. The number of nitrogens with zero attached hydrogens (tertiary/aromatic N) is 3. The summed E-state index contributed by atoms with van der Waals surface area (Å²) in [7, 11) is 0. The lowest BCUT2D eigenvalue weighted by molar-refractivity contribution is -0.179. The quantitative estimate of drug-likeness (QED) is 0.475. The number of carbonyl (C=O) groups is 2. The maximum atomic E-state index is 13.5. The molecular weight excluding hydrogens is 466 g/mol. The lowest BCUT2D eigenvalue weighted by atomic mass is 9.94. The smallest absolute Gasteiger partial charge is 0.248 e. The number of rotatable bonds is 8. The first-order valence-electron chi connectivity index (χ1n) is 11.7. The van der Waals surface area contributed by atoms with Gasteiger partial charge in [-0.1, -0.05) is 49.4 Å². The van der Waals surface area contributed by atoms with Crippen LogP contribution in [0.1, 0.15) is 36.1 Å². The second kappa shape index (κ2) is 11.4. The van der Waals surface area contributed by atoms with E-state index in [1.807, 2.05) is 36.2 Å². The van der Waals surface area contributed by atoms with Gasteiger partial charge in [-0.05, 0) is 29.2 Å². The molecular formula is C26H31N3O5S. The van der Waals surface area contributed by atoms with Crippen LogP contribution in [0.25, 0.3) is 0 Å². The first-order chi connectivity index (χ1) is 17.0. The lowest BCUT2D eigenvalue weighted by Gasteiger charge is -2.52. The summed E-state index contributed by atoms with van der Waals surface area (Å²) in [4.78, 5) is 28.1. The summed E-state index contributed by atoms with van der Waals surface area (Å²) in [5.74, 6) is 0.101. The minimum absolute atomic E-state index is 0.108. The summed E-state index contributed by atoms with van der Waals surface area (Å²) < 4.78 is 0. The number of aliphatic hydroxyl groups is 3. The lowest BCUT2D eigenvalue weighted by Crippen LogP contribution is -2.66. The summed E-state index contributed by atoms with van der Waals surface area (Å²) in [6.07, 6.45) is 3.30. The van der Waals surface area contributed by atoms with Gasteiger partial charge in [0.15, 0.2) is 5.78 Å². The zero-order valence-electron chi connectivity index (χ0n) is 19.7. The molecule has 8 nitrogen and oxygen atoms in total. The Kier molecular flexibility index (Phi) is 8.25. The molecule has 0 aliphatic carbocycles. The number of ketones is 1. The van der Waals surface area contributed by atoms with Gasteiger partial charge >= 0.3 is 0 Å². The normalized spacial score (nSPS) is 20.8. The van der Waals surface area contributed by atoms with Crippen LogP contribution >= 0.6 is 11.8 Å². The zero-order valence-corrected chi connectivity index (χ0v) is 20.5. The maximum absolute atomic E-state index is 13.5. The number of thioether (sulfide) groups is 1. The van der Waals surface area contributed by atoms with Gasteiger partial charge in [-0.2, -0.15) is 5.01 Å². The van der Waals surface area contributed by atoms with Gasteiger partial charge in [0.25, 0.3) is 0 Å². The summed E-state index contributed by atoms with van der Waals surface area (Å²) in [5, 5.41) is 32.9. The van der Waals surface area contributed by atoms with Crippen molar-refractivity contribution in [3.8, 4) is 0 Å². The number of hydrogen-bond donors (Lipinski definition) is 3. The van der Waals surface area contributed by atoms with Gasteiger partial charge in [-0.25, -0.2) is 0 Å². The fourth-order valence-electron chi connectivity index (χ4n) is 4.73. The van der Waals surface area contributed by atoms with E-state index in [0.29, 0.717) is 6.42 Å². The molecule has 1 fully saturated rings. The second-order valence-corrected chi connectivity index (χ2v) is 9.60. The number of carbonyl (C=O) groups excluding carboxylic acids is 2. The topological polar surface area (TPSA) is 105 Å². The van der Waals surface area contributed by atoms with Crippen molar-refractivity contribution in [1.82, 2.24) is 14.9 Å². The van der Waals surface area contributed by atoms with Crippen molar-refractivity contribution in [1.29, 1.82) is 0 Å². The highest BCUT2D eigenvalue weighted by Crippen LogP contribution is 2.44. The molecule has 2 aliphatic rings.